The number of ketones is 1. The summed E-state index contributed by atoms with van der Waals surface area (Å²) in [5, 5.41) is 11.5. The molecule has 0 fully saturated rings. The fourth-order valence-electron chi connectivity index (χ4n) is 10.3. The zero-order valence-electron chi connectivity index (χ0n) is 48.5. The van der Waals surface area contributed by atoms with Gasteiger partial charge in [0.1, 0.15) is 12.6 Å². The average molecular weight is 1120 g/mol. The molecule has 0 unspecified atom stereocenters. The van der Waals surface area contributed by atoms with Crippen LogP contribution in [-0.2, 0) is 55.4 Å². The van der Waals surface area contributed by atoms with Crippen molar-refractivity contribution in [1.82, 2.24) is 30.9 Å². The summed E-state index contributed by atoms with van der Waals surface area (Å²) in [6.07, 6.45) is 1.94. The molecule has 18 heteroatoms. The third kappa shape index (κ3) is 16.5. The van der Waals surface area contributed by atoms with Crippen molar-refractivity contribution in [2.75, 3.05) is 27.2 Å². The van der Waals surface area contributed by atoms with Gasteiger partial charge < -0.3 is 36.6 Å². The number of nitrogens with two attached hydrogens (primary N) is 1. The summed E-state index contributed by atoms with van der Waals surface area (Å²) in [6.45, 7) is 18.6. The van der Waals surface area contributed by atoms with E-state index >= 15 is 0 Å². The zero-order chi connectivity index (χ0) is 59.3. The van der Waals surface area contributed by atoms with E-state index in [4.69, 9.17) is 10.5 Å². The molecule has 5 rings (SSSR count). The second kappa shape index (κ2) is 27.8. The molecule has 0 aliphatic heterocycles. The molecular formula is C62H83N7O10S. The quantitative estimate of drug-likeness (QED) is 0.0194. The van der Waals surface area contributed by atoms with Crippen LogP contribution >= 0.6 is 0 Å². The number of urea groups is 1. The van der Waals surface area contributed by atoms with Gasteiger partial charge in [-0.05, 0) is 96.0 Å². The number of carbonyl (C=O) groups excluding carboxylic acids is 7. The van der Waals surface area contributed by atoms with E-state index in [1.165, 1.54) is 36.1 Å². The number of hydrogen-bond donors (Lipinski definition) is 6. The fourth-order valence-corrected chi connectivity index (χ4v) is 11.3. The Morgan fingerprint density at radius 2 is 1.32 bits per heavy atom. The van der Waals surface area contributed by atoms with Crippen LogP contribution < -0.4 is 31.7 Å². The molecule has 4 aromatic carbocycles. The number of rotatable bonds is 27. The molecule has 0 spiro atoms. The molecule has 0 radical (unpaired) electrons. The van der Waals surface area contributed by atoms with Crippen LogP contribution in [0.3, 0.4) is 0 Å². The smallest absolute Gasteiger partial charge is 0.312 e. The first-order valence-electron chi connectivity index (χ1n) is 27.4. The van der Waals surface area contributed by atoms with Gasteiger partial charge in [-0.3, -0.25) is 28.8 Å². The number of amides is 6. The highest BCUT2D eigenvalue weighted by Crippen LogP contribution is 2.44. The Morgan fingerprint density at radius 1 is 0.750 bits per heavy atom. The summed E-state index contributed by atoms with van der Waals surface area (Å²) in [5.74, 6) is -4.49. The normalized spacial score (nSPS) is 14.7. The van der Waals surface area contributed by atoms with Gasteiger partial charge in [-0.2, -0.15) is 0 Å². The number of esters is 1. The van der Waals surface area contributed by atoms with E-state index < -0.39 is 80.7 Å². The van der Waals surface area contributed by atoms with Crippen molar-refractivity contribution in [3.05, 3.63) is 137 Å². The van der Waals surface area contributed by atoms with Gasteiger partial charge in [0.2, 0.25) is 17.7 Å². The van der Waals surface area contributed by atoms with Crippen LogP contribution in [0.5, 0.6) is 0 Å². The minimum Gasteiger partial charge on any atom is -0.465 e. The summed E-state index contributed by atoms with van der Waals surface area (Å²) in [4.78, 5) is 95.9. The Hall–Kier alpha value is -7.18. The van der Waals surface area contributed by atoms with Crippen molar-refractivity contribution < 1.29 is 46.7 Å². The van der Waals surface area contributed by atoms with E-state index in [-0.39, 0.29) is 78.7 Å². The molecule has 1 aliphatic rings. The van der Waals surface area contributed by atoms with E-state index in [9.17, 15) is 42.0 Å². The number of nitrogens with zero attached hydrogens (tertiary/aromatic N) is 1. The van der Waals surface area contributed by atoms with Gasteiger partial charge in [0.25, 0.3) is 15.9 Å². The van der Waals surface area contributed by atoms with Crippen molar-refractivity contribution in [3.63, 3.8) is 0 Å². The molecule has 6 amide bonds. The summed E-state index contributed by atoms with van der Waals surface area (Å²) < 4.78 is 35.2. The molecule has 0 heterocycles. The Labute approximate surface area is 473 Å². The predicted molar refractivity (Wildman–Crippen MR) is 310 cm³/mol. The zero-order valence-corrected chi connectivity index (χ0v) is 49.3. The SMILES string of the molecule is CN[C@H](C(=O)N[C@H](C(=O)N(C)[C@H](/C=C(\C)C(=O)NS(=O)(=O)c1ccc(CCC(=O)[C@H](CCCNC(N)=O)NC(=O)[C@@H](CC(=O)OCC2c3ccccc3-c3ccccc32)C(C)C)cc1)C(C)C)C(C)(C)C)C(C)(C)c1ccccc1. The number of nitrogens with one attached hydrogen (secondary N) is 5. The lowest BCUT2D eigenvalue weighted by Crippen LogP contribution is -2.61. The number of aryl methyl sites for hydroxylation is 1. The number of Topliss-reactive ketones (excluding diaryl/α,β-unsaturated/α-hetero) is 1. The van der Waals surface area contributed by atoms with E-state index in [1.807, 2.05) is 141 Å². The van der Waals surface area contributed by atoms with Crippen LogP contribution in [0.25, 0.3) is 11.1 Å². The van der Waals surface area contributed by atoms with E-state index in [0.717, 1.165) is 27.8 Å². The van der Waals surface area contributed by atoms with Crippen molar-refractivity contribution in [2.45, 2.75) is 142 Å². The Morgan fingerprint density at radius 3 is 1.86 bits per heavy atom. The Balaban J connectivity index is 1.20. The van der Waals surface area contributed by atoms with Crippen molar-refractivity contribution in [2.24, 2.45) is 28.9 Å². The standard InChI is InChI=1S/C62H83N7O10S/c1-38(2)48(36-53(71)79-37-49-46-25-18-16-23-44(46)45-24-17-19-26-47(45)49)57(73)66-50(27-20-34-65-60(63)76)52(70)33-30-41-28-31-43(32-29-41)80(77,78)68-56(72)40(5)35-51(39(3)4)69(12)59(75)55(61(6,7)8)67-58(74)54(64-11)62(9,10)42-21-14-13-15-22-42/h13-19,21-26,28-29,31-32,35,38-39,48-51,54-55,64H,20,27,30,33-34,36-37H2,1-12H3,(H,66,73)(H,67,74)(H,68,72)(H3,63,65,76)/b40-35+/t48-,50-,51+,54+,55+/m0/s1. The first kappa shape index (κ1) is 63.6. The summed E-state index contributed by atoms with van der Waals surface area (Å²) >= 11 is 0. The Bertz CT molecular complexity index is 2940. The highest BCUT2D eigenvalue weighted by Gasteiger charge is 2.42. The van der Waals surface area contributed by atoms with Crippen molar-refractivity contribution in [3.8, 4) is 11.1 Å². The molecule has 80 heavy (non-hydrogen) atoms. The molecule has 0 bridgehead atoms. The Kier molecular flexibility index (Phi) is 22.1. The third-order valence-electron chi connectivity index (χ3n) is 15.1. The van der Waals surface area contributed by atoms with Crippen LogP contribution in [0.1, 0.15) is 123 Å². The molecule has 0 aromatic heterocycles. The van der Waals surface area contributed by atoms with Gasteiger partial charge >= 0.3 is 12.0 Å². The van der Waals surface area contributed by atoms with Gasteiger partial charge in [0.05, 0.1) is 35.4 Å². The molecule has 7 N–H and O–H groups in total. The maximum absolute atomic E-state index is 14.4. The lowest BCUT2D eigenvalue weighted by Gasteiger charge is -2.40. The third-order valence-corrected chi connectivity index (χ3v) is 16.5. The number of ether oxygens (including phenoxy) is 1. The van der Waals surface area contributed by atoms with Gasteiger partial charge in [-0.25, -0.2) is 17.9 Å². The average Bonchev–Trinajstić information content (AvgIpc) is 3.82. The lowest BCUT2D eigenvalue weighted by molar-refractivity contribution is -0.148. The summed E-state index contributed by atoms with van der Waals surface area (Å²) in [5.41, 5.74) is 9.78. The molecule has 0 saturated carbocycles. The van der Waals surface area contributed by atoms with Crippen LogP contribution in [-0.4, -0.2) is 106 Å². The number of sulfonamides is 1. The fraction of sp³-hybridized carbons (Fsp3) is 0.468. The minimum absolute atomic E-state index is 0.0422. The molecule has 4 aromatic rings. The van der Waals surface area contributed by atoms with Crippen molar-refractivity contribution >= 4 is 51.4 Å². The molecule has 0 saturated heterocycles. The second-order valence-electron chi connectivity index (χ2n) is 23.2. The van der Waals surface area contributed by atoms with Crippen LogP contribution in [0.2, 0.25) is 0 Å². The molecule has 432 valence electrons. The maximum Gasteiger partial charge on any atom is 0.312 e. The van der Waals surface area contributed by atoms with Crippen LogP contribution in [0.15, 0.2) is 120 Å². The number of hydrogen-bond acceptors (Lipinski definition) is 11. The predicted octanol–water partition coefficient (Wildman–Crippen LogP) is 7.47. The van der Waals surface area contributed by atoms with E-state index in [2.05, 4.69) is 26.0 Å². The monoisotopic (exact) mass is 1120 g/mol. The molecule has 17 nitrogen and oxygen atoms in total. The first-order chi connectivity index (χ1) is 37.6. The number of carbonyl (C=O) groups is 7. The molecule has 1 aliphatic carbocycles. The highest BCUT2D eigenvalue weighted by molar-refractivity contribution is 7.90. The number of likely N-dealkylation sites (N-methyl/N-ethyl adjacent to an activating group) is 2. The van der Waals surface area contributed by atoms with Crippen LogP contribution in [0, 0.1) is 23.2 Å². The van der Waals surface area contributed by atoms with Crippen molar-refractivity contribution in [1.29, 1.82) is 0 Å². The number of benzene rings is 4. The minimum atomic E-state index is -4.40. The van der Waals surface area contributed by atoms with E-state index in [1.54, 1.807) is 20.2 Å². The maximum atomic E-state index is 14.4. The van der Waals surface area contributed by atoms with E-state index in [0.29, 0.717) is 12.0 Å². The van der Waals surface area contributed by atoms with Gasteiger partial charge in [-0.15, -0.1) is 0 Å². The first-order valence-corrected chi connectivity index (χ1v) is 28.9. The summed E-state index contributed by atoms with van der Waals surface area (Å²) in [7, 11) is -1.10. The number of primary amides is 1. The summed E-state index contributed by atoms with van der Waals surface area (Å²) in [6, 6.07) is 27.3. The largest absolute Gasteiger partial charge is 0.465 e. The second-order valence-corrected chi connectivity index (χ2v) is 24.8. The van der Waals surface area contributed by atoms with Gasteiger partial charge in [0.15, 0.2) is 5.78 Å². The number of fused-ring (bicyclic) bond motifs is 3. The molecular weight excluding hydrogens is 1030 g/mol. The highest BCUT2D eigenvalue weighted by atomic mass is 32.2. The van der Waals surface area contributed by atoms with Gasteiger partial charge in [-0.1, -0.05) is 159 Å². The van der Waals surface area contributed by atoms with Gasteiger partial charge in [0, 0.05) is 36.9 Å². The molecule has 5 atom stereocenters. The lowest BCUT2D eigenvalue weighted by atomic mass is 9.76. The van der Waals surface area contributed by atoms with Crippen LogP contribution in [0.4, 0.5) is 4.79 Å². The topological polar surface area (TPSA) is 252 Å².